The van der Waals surface area contributed by atoms with E-state index in [4.69, 9.17) is 4.74 Å². The number of phenols is 2. The maximum atomic E-state index is 12.8. The zero-order valence-electron chi connectivity index (χ0n) is 28.5. The van der Waals surface area contributed by atoms with E-state index in [0.717, 1.165) is 46.2 Å². The fourth-order valence-corrected chi connectivity index (χ4v) is 6.26. The molecule has 43 heavy (non-hydrogen) atoms. The zero-order valence-corrected chi connectivity index (χ0v) is 28.5. The number of esters is 1. The van der Waals surface area contributed by atoms with Crippen LogP contribution >= 0.6 is 0 Å². The first-order valence-electron chi connectivity index (χ1n) is 17.4. The second-order valence-electron chi connectivity index (χ2n) is 13.3. The van der Waals surface area contributed by atoms with Gasteiger partial charge >= 0.3 is 5.97 Å². The lowest BCUT2D eigenvalue weighted by molar-refractivity contribution is -0.144. The van der Waals surface area contributed by atoms with Gasteiger partial charge in [0.25, 0.3) is 0 Å². The molecule has 0 unspecified atom stereocenters. The van der Waals surface area contributed by atoms with Gasteiger partial charge in [-0.15, -0.1) is 0 Å². The zero-order chi connectivity index (χ0) is 31.7. The van der Waals surface area contributed by atoms with Gasteiger partial charge in [-0.2, -0.15) is 0 Å². The second kappa shape index (κ2) is 19.7. The Balaban J connectivity index is 1.70. The minimum absolute atomic E-state index is 0.161. The molecule has 242 valence electrons. The molecular weight excluding hydrogens is 532 g/mol. The Morgan fingerprint density at radius 3 is 1.28 bits per heavy atom. The van der Waals surface area contributed by atoms with Crippen LogP contribution in [-0.4, -0.2) is 22.8 Å². The molecule has 4 nitrogen and oxygen atoms in total. The summed E-state index contributed by atoms with van der Waals surface area (Å²) in [5.41, 5.74) is 4.91. The lowest BCUT2D eigenvalue weighted by Crippen LogP contribution is -2.26. The van der Waals surface area contributed by atoms with E-state index in [0.29, 0.717) is 30.9 Å². The third kappa shape index (κ3) is 12.6. The number of benzene rings is 2. The van der Waals surface area contributed by atoms with E-state index in [-0.39, 0.29) is 5.97 Å². The summed E-state index contributed by atoms with van der Waals surface area (Å²) < 4.78 is 5.64. The lowest BCUT2D eigenvalue weighted by atomic mass is 9.71. The van der Waals surface area contributed by atoms with E-state index in [1.165, 1.54) is 89.9 Å². The first-order valence-corrected chi connectivity index (χ1v) is 17.4. The number of rotatable bonds is 22. The van der Waals surface area contributed by atoms with Gasteiger partial charge in [0.05, 0.1) is 6.61 Å². The first-order chi connectivity index (χ1) is 20.6. The number of carbonyl (C=O) groups is 1. The van der Waals surface area contributed by atoms with Crippen molar-refractivity contribution in [2.45, 2.75) is 163 Å². The first kappa shape index (κ1) is 36.7. The predicted molar refractivity (Wildman–Crippen MR) is 181 cm³/mol. The topological polar surface area (TPSA) is 66.8 Å². The van der Waals surface area contributed by atoms with Gasteiger partial charge < -0.3 is 14.9 Å². The third-order valence-electron chi connectivity index (χ3n) is 9.35. The van der Waals surface area contributed by atoms with Crippen molar-refractivity contribution in [2.75, 3.05) is 6.61 Å². The molecule has 0 bridgehead atoms. The molecule has 0 heterocycles. The summed E-state index contributed by atoms with van der Waals surface area (Å²) in [5.74, 6) is 0.455. The van der Waals surface area contributed by atoms with E-state index in [1.54, 1.807) is 0 Å². The van der Waals surface area contributed by atoms with Crippen molar-refractivity contribution in [3.63, 3.8) is 0 Å². The van der Waals surface area contributed by atoms with E-state index in [2.05, 4.69) is 13.8 Å². The molecule has 0 fully saturated rings. The second-order valence-corrected chi connectivity index (χ2v) is 13.3. The van der Waals surface area contributed by atoms with Crippen LogP contribution < -0.4 is 0 Å². The molecule has 0 atom stereocenters. The molecule has 2 aromatic rings. The number of aryl methyl sites for hydroxylation is 4. The summed E-state index contributed by atoms with van der Waals surface area (Å²) in [5, 5.41) is 20.8. The van der Waals surface area contributed by atoms with Crippen LogP contribution in [0, 0.1) is 27.7 Å². The number of hydrogen-bond acceptors (Lipinski definition) is 4. The maximum absolute atomic E-state index is 12.8. The molecule has 2 rings (SSSR count). The predicted octanol–water partition coefficient (Wildman–Crippen LogP) is 11.2. The molecule has 0 aliphatic heterocycles. The van der Waals surface area contributed by atoms with Crippen LogP contribution in [0.25, 0.3) is 0 Å². The van der Waals surface area contributed by atoms with Gasteiger partial charge in [0.2, 0.25) is 0 Å². The van der Waals surface area contributed by atoms with Crippen LogP contribution in [0.1, 0.15) is 163 Å². The monoisotopic (exact) mass is 594 g/mol. The minimum Gasteiger partial charge on any atom is -0.507 e. The summed E-state index contributed by atoms with van der Waals surface area (Å²) in [6.45, 7) is 12.5. The van der Waals surface area contributed by atoms with Crippen LogP contribution in [0.3, 0.4) is 0 Å². The molecule has 0 amide bonds. The van der Waals surface area contributed by atoms with Gasteiger partial charge in [0.1, 0.15) is 11.5 Å². The van der Waals surface area contributed by atoms with Gasteiger partial charge in [-0.05, 0) is 73.9 Å². The van der Waals surface area contributed by atoms with Crippen molar-refractivity contribution in [1.29, 1.82) is 0 Å². The standard InChI is InChI=1S/C39H62O4/c1-7-8-9-10-11-12-13-14-15-16-17-18-19-20-21-22-25-43-36(40)23-24-39(6,34-26-30(2)37(41)31(3)27-34)35-28-32(4)38(42)33(5)29-35/h26-29,41-42H,7-25H2,1-6H3. The highest BCUT2D eigenvalue weighted by atomic mass is 16.5. The Bertz CT molecular complexity index is 999. The Kier molecular flexibility index (Phi) is 16.8. The van der Waals surface area contributed by atoms with Crippen LogP contribution in [0.5, 0.6) is 11.5 Å². The number of phenolic OH excluding ortho intramolecular Hbond substituents is 2. The highest BCUT2D eigenvalue weighted by Gasteiger charge is 2.32. The number of ether oxygens (including phenoxy) is 1. The highest BCUT2D eigenvalue weighted by Crippen LogP contribution is 2.41. The Labute approximate surface area is 263 Å². The van der Waals surface area contributed by atoms with E-state index in [9.17, 15) is 15.0 Å². The fraction of sp³-hybridized carbons (Fsp3) is 0.667. The van der Waals surface area contributed by atoms with Crippen molar-refractivity contribution in [3.8, 4) is 11.5 Å². The molecule has 0 spiro atoms. The van der Waals surface area contributed by atoms with E-state index < -0.39 is 5.41 Å². The Morgan fingerprint density at radius 1 is 0.605 bits per heavy atom. The van der Waals surface area contributed by atoms with Gasteiger partial charge in [0.15, 0.2) is 0 Å². The van der Waals surface area contributed by atoms with Gasteiger partial charge in [0, 0.05) is 11.8 Å². The van der Waals surface area contributed by atoms with E-state index in [1.807, 2.05) is 52.0 Å². The molecule has 0 saturated carbocycles. The molecule has 4 heteroatoms. The van der Waals surface area contributed by atoms with Crippen LogP contribution in [0.2, 0.25) is 0 Å². The summed E-state index contributed by atoms with van der Waals surface area (Å²) >= 11 is 0. The lowest BCUT2D eigenvalue weighted by Gasteiger charge is -2.32. The summed E-state index contributed by atoms with van der Waals surface area (Å²) in [6.07, 6.45) is 22.1. The number of hydrogen-bond donors (Lipinski definition) is 2. The van der Waals surface area contributed by atoms with Gasteiger partial charge in [-0.3, -0.25) is 4.79 Å². The minimum atomic E-state index is -0.473. The van der Waals surface area contributed by atoms with Crippen molar-refractivity contribution >= 4 is 5.97 Å². The van der Waals surface area contributed by atoms with E-state index >= 15 is 0 Å². The molecular formula is C39H62O4. The number of aromatic hydroxyl groups is 2. The maximum Gasteiger partial charge on any atom is 0.305 e. The average molecular weight is 595 g/mol. The number of carbonyl (C=O) groups excluding carboxylic acids is 1. The van der Waals surface area contributed by atoms with Crippen LogP contribution in [0.15, 0.2) is 24.3 Å². The normalized spacial score (nSPS) is 11.7. The van der Waals surface area contributed by atoms with Crippen molar-refractivity contribution in [1.82, 2.24) is 0 Å². The van der Waals surface area contributed by atoms with Gasteiger partial charge in [-0.1, -0.05) is 134 Å². The molecule has 0 saturated heterocycles. The molecule has 0 aliphatic rings. The highest BCUT2D eigenvalue weighted by molar-refractivity contribution is 5.70. The largest absolute Gasteiger partial charge is 0.507 e. The summed E-state index contributed by atoms with van der Waals surface area (Å²) in [6, 6.07) is 8.06. The number of unbranched alkanes of at least 4 members (excludes halogenated alkanes) is 15. The smallest absolute Gasteiger partial charge is 0.305 e. The Hall–Kier alpha value is -2.49. The molecule has 2 N–H and O–H groups in total. The van der Waals surface area contributed by atoms with Crippen molar-refractivity contribution in [3.05, 3.63) is 57.6 Å². The summed E-state index contributed by atoms with van der Waals surface area (Å²) in [4.78, 5) is 12.8. The fourth-order valence-electron chi connectivity index (χ4n) is 6.26. The third-order valence-corrected chi connectivity index (χ3v) is 9.35. The quantitative estimate of drug-likeness (QED) is 0.105. The average Bonchev–Trinajstić information content (AvgIpc) is 2.98. The van der Waals surface area contributed by atoms with Crippen LogP contribution in [-0.2, 0) is 14.9 Å². The van der Waals surface area contributed by atoms with Crippen molar-refractivity contribution < 1.29 is 19.7 Å². The van der Waals surface area contributed by atoms with Gasteiger partial charge in [-0.25, -0.2) is 0 Å². The molecule has 0 radical (unpaired) electrons. The SMILES string of the molecule is CCCCCCCCCCCCCCCCCCOC(=O)CCC(C)(c1cc(C)c(O)c(C)c1)c1cc(C)c(O)c(C)c1. The van der Waals surface area contributed by atoms with Crippen molar-refractivity contribution in [2.24, 2.45) is 0 Å². The molecule has 0 aromatic heterocycles. The summed E-state index contributed by atoms with van der Waals surface area (Å²) in [7, 11) is 0. The van der Waals surface area contributed by atoms with Crippen LogP contribution in [0.4, 0.5) is 0 Å². The molecule has 2 aromatic carbocycles. The Morgan fingerprint density at radius 2 is 0.930 bits per heavy atom. The molecule has 0 aliphatic carbocycles.